The number of aliphatic hydroxyl groups excluding tert-OH is 1. The molecule has 0 saturated heterocycles. The summed E-state index contributed by atoms with van der Waals surface area (Å²) in [7, 11) is 1.90. The lowest BCUT2D eigenvalue weighted by atomic mass is 10.1. The number of rotatable bonds is 3. The molecule has 0 aliphatic heterocycles. The molecule has 2 aromatic heterocycles. The average molecular weight is 265 g/mol. The Morgan fingerprint density at radius 3 is 2.33 bits per heavy atom. The summed E-state index contributed by atoms with van der Waals surface area (Å²) in [6.07, 6.45) is 0.0378. The smallest absolute Gasteiger partial charge is 0.0960 e. The van der Waals surface area contributed by atoms with Crippen molar-refractivity contribution >= 4 is 11.3 Å². The second-order valence-corrected chi connectivity index (χ2v) is 5.96. The Kier molecular flexibility index (Phi) is 3.54. The number of hydrogen-bond acceptors (Lipinski definition) is 4. The molecule has 0 radical (unpaired) electrons. The molecule has 0 saturated carbocycles. The summed E-state index contributed by atoms with van der Waals surface area (Å²) in [6.45, 7) is 7.98. The average Bonchev–Trinajstić information content (AvgIpc) is 2.69. The standard InChI is InChI=1S/C13H19N3OS/c1-7-10(4)18-12(14-7)6-11(17)13-8(2)15-16(5)9(13)3/h11,17H,6H2,1-5H3. The van der Waals surface area contributed by atoms with Gasteiger partial charge in [-0.25, -0.2) is 4.98 Å². The molecule has 1 N–H and O–H groups in total. The van der Waals surface area contributed by atoms with Crippen LogP contribution in [0.5, 0.6) is 0 Å². The molecule has 2 aromatic rings. The second-order valence-electron chi connectivity index (χ2n) is 4.68. The molecule has 0 amide bonds. The molecule has 0 spiro atoms. The molecular weight excluding hydrogens is 246 g/mol. The van der Waals surface area contributed by atoms with Crippen molar-refractivity contribution < 1.29 is 5.11 Å². The monoisotopic (exact) mass is 265 g/mol. The van der Waals surface area contributed by atoms with Crippen LogP contribution in [-0.2, 0) is 13.5 Å². The van der Waals surface area contributed by atoms with E-state index >= 15 is 0 Å². The first-order chi connectivity index (χ1) is 8.40. The summed E-state index contributed by atoms with van der Waals surface area (Å²) < 4.78 is 1.81. The topological polar surface area (TPSA) is 50.9 Å². The predicted octanol–water partition coefficient (Wildman–Crippen LogP) is 2.39. The first-order valence-corrected chi connectivity index (χ1v) is 6.83. The zero-order chi connectivity index (χ0) is 13.4. The summed E-state index contributed by atoms with van der Waals surface area (Å²) >= 11 is 1.66. The highest BCUT2D eigenvalue weighted by Gasteiger charge is 2.19. The third-order valence-corrected chi connectivity index (χ3v) is 4.43. The van der Waals surface area contributed by atoms with Crippen molar-refractivity contribution in [2.45, 2.75) is 40.2 Å². The van der Waals surface area contributed by atoms with E-state index in [-0.39, 0.29) is 0 Å². The molecule has 5 heteroatoms. The molecule has 0 fully saturated rings. The van der Waals surface area contributed by atoms with Crippen molar-refractivity contribution in [3.8, 4) is 0 Å². The van der Waals surface area contributed by atoms with Crippen molar-refractivity contribution in [1.82, 2.24) is 14.8 Å². The maximum atomic E-state index is 10.4. The molecule has 0 aliphatic rings. The summed E-state index contributed by atoms with van der Waals surface area (Å²) in [5.74, 6) is 0. The lowest BCUT2D eigenvalue weighted by Gasteiger charge is -2.09. The van der Waals surface area contributed by atoms with E-state index in [4.69, 9.17) is 0 Å². The first kappa shape index (κ1) is 13.2. The molecule has 98 valence electrons. The number of thiazole rings is 1. The van der Waals surface area contributed by atoms with Gasteiger partial charge < -0.3 is 5.11 Å². The lowest BCUT2D eigenvalue weighted by molar-refractivity contribution is 0.176. The van der Waals surface area contributed by atoms with E-state index in [1.807, 2.05) is 32.5 Å². The number of nitrogens with zero attached hydrogens (tertiary/aromatic N) is 3. The molecule has 0 bridgehead atoms. The van der Waals surface area contributed by atoms with Gasteiger partial charge in [0.15, 0.2) is 0 Å². The number of aliphatic hydroxyl groups is 1. The molecule has 18 heavy (non-hydrogen) atoms. The van der Waals surface area contributed by atoms with Crippen molar-refractivity contribution in [2.24, 2.45) is 7.05 Å². The SMILES string of the molecule is Cc1nc(CC(O)c2c(C)nn(C)c2C)sc1C. The highest BCUT2D eigenvalue weighted by Crippen LogP contribution is 2.27. The van der Waals surface area contributed by atoms with Gasteiger partial charge in [-0.1, -0.05) is 0 Å². The van der Waals surface area contributed by atoms with E-state index < -0.39 is 6.10 Å². The third kappa shape index (κ3) is 2.33. The third-order valence-electron chi connectivity index (χ3n) is 3.34. The van der Waals surface area contributed by atoms with Gasteiger partial charge in [0.2, 0.25) is 0 Å². The van der Waals surface area contributed by atoms with Crippen LogP contribution in [0.25, 0.3) is 0 Å². The Hall–Kier alpha value is -1.20. The predicted molar refractivity (Wildman–Crippen MR) is 72.9 cm³/mol. The van der Waals surface area contributed by atoms with Gasteiger partial charge in [-0.2, -0.15) is 5.10 Å². The Morgan fingerprint density at radius 1 is 1.22 bits per heavy atom. The van der Waals surface area contributed by atoms with Crippen molar-refractivity contribution in [1.29, 1.82) is 0 Å². The number of aromatic nitrogens is 3. The van der Waals surface area contributed by atoms with Gasteiger partial charge in [0, 0.05) is 29.6 Å². The van der Waals surface area contributed by atoms with E-state index in [1.165, 1.54) is 4.88 Å². The van der Waals surface area contributed by atoms with Crippen LogP contribution in [0, 0.1) is 27.7 Å². The van der Waals surface area contributed by atoms with Crippen LogP contribution in [0.3, 0.4) is 0 Å². The molecule has 4 nitrogen and oxygen atoms in total. The quantitative estimate of drug-likeness (QED) is 0.927. The molecule has 1 atom stereocenters. The Balaban J connectivity index is 2.24. The fourth-order valence-electron chi connectivity index (χ4n) is 2.17. The molecule has 0 aromatic carbocycles. The second kappa shape index (κ2) is 4.82. The highest BCUT2D eigenvalue weighted by molar-refractivity contribution is 7.11. The summed E-state index contributed by atoms with van der Waals surface area (Å²) in [6, 6.07) is 0. The zero-order valence-electron chi connectivity index (χ0n) is 11.5. The van der Waals surface area contributed by atoms with Gasteiger partial charge in [-0.05, 0) is 27.7 Å². The van der Waals surface area contributed by atoms with E-state index in [1.54, 1.807) is 11.3 Å². The Labute approximate surface area is 111 Å². The van der Waals surface area contributed by atoms with E-state index in [9.17, 15) is 5.11 Å². The van der Waals surface area contributed by atoms with Crippen molar-refractivity contribution in [3.63, 3.8) is 0 Å². The lowest BCUT2D eigenvalue weighted by Crippen LogP contribution is -2.04. The summed E-state index contributed by atoms with van der Waals surface area (Å²) in [5, 5.41) is 15.7. The molecule has 0 aliphatic carbocycles. The number of hydrogen-bond donors (Lipinski definition) is 1. The van der Waals surface area contributed by atoms with Crippen LogP contribution < -0.4 is 0 Å². The first-order valence-electron chi connectivity index (χ1n) is 6.01. The minimum atomic E-state index is -0.524. The van der Waals surface area contributed by atoms with Crippen LogP contribution in [-0.4, -0.2) is 19.9 Å². The normalized spacial score (nSPS) is 13.0. The van der Waals surface area contributed by atoms with E-state index in [0.29, 0.717) is 6.42 Å². The molecule has 1 unspecified atom stereocenters. The molecule has 2 heterocycles. The fourth-order valence-corrected chi connectivity index (χ4v) is 3.14. The largest absolute Gasteiger partial charge is 0.388 e. The van der Waals surface area contributed by atoms with Crippen LogP contribution in [0.2, 0.25) is 0 Å². The van der Waals surface area contributed by atoms with Gasteiger partial charge in [0.25, 0.3) is 0 Å². The maximum Gasteiger partial charge on any atom is 0.0960 e. The fraction of sp³-hybridized carbons (Fsp3) is 0.538. The van der Waals surface area contributed by atoms with Gasteiger partial charge in [-0.3, -0.25) is 4.68 Å². The van der Waals surface area contributed by atoms with Crippen LogP contribution in [0.15, 0.2) is 0 Å². The Bertz CT molecular complexity index is 552. The molecular formula is C13H19N3OS. The minimum Gasteiger partial charge on any atom is -0.388 e. The van der Waals surface area contributed by atoms with Gasteiger partial charge in [0.05, 0.1) is 22.5 Å². The van der Waals surface area contributed by atoms with E-state index in [0.717, 1.165) is 27.7 Å². The summed E-state index contributed by atoms with van der Waals surface area (Å²) in [4.78, 5) is 5.69. The van der Waals surface area contributed by atoms with Gasteiger partial charge in [-0.15, -0.1) is 11.3 Å². The summed E-state index contributed by atoms with van der Waals surface area (Å²) in [5.41, 5.74) is 3.90. The van der Waals surface area contributed by atoms with Crippen molar-refractivity contribution in [3.05, 3.63) is 32.5 Å². The highest BCUT2D eigenvalue weighted by atomic mass is 32.1. The minimum absolute atomic E-state index is 0.524. The van der Waals surface area contributed by atoms with Crippen LogP contribution >= 0.6 is 11.3 Å². The Morgan fingerprint density at radius 2 is 1.89 bits per heavy atom. The number of aryl methyl sites for hydroxylation is 4. The van der Waals surface area contributed by atoms with Gasteiger partial charge in [0.1, 0.15) is 0 Å². The zero-order valence-corrected chi connectivity index (χ0v) is 12.3. The van der Waals surface area contributed by atoms with Gasteiger partial charge >= 0.3 is 0 Å². The van der Waals surface area contributed by atoms with Crippen LogP contribution in [0.1, 0.15) is 38.6 Å². The maximum absolute atomic E-state index is 10.4. The molecule has 2 rings (SSSR count). The van der Waals surface area contributed by atoms with Crippen molar-refractivity contribution in [2.75, 3.05) is 0 Å². The van der Waals surface area contributed by atoms with Crippen LogP contribution in [0.4, 0.5) is 0 Å². The van der Waals surface area contributed by atoms with E-state index in [2.05, 4.69) is 17.0 Å².